The summed E-state index contributed by atoms with van der Waals surface area (Å²) in [5.41, 5.74) is 0. The van der Waals surface area contributed by atoms with Crippen LogP contribution >= 0.6 is 0 Å². The van der Waals surface area contributed by atoms with Crippen molar-refractivity contribution >= 4 is 0 Å². The molecule has 1 saturated carbocycles. The molecule has 0 aromatic heterocycles. The third-order valence-corrected chi connectivity index (χ3v) is 4.91. The fourth-order valence-corrected chi connectivity index (χ4v) is 3.42. The number of ether oxygens (including phenoxy) is 4. The van der Waals surface area contributed by atoms with E-state index in [9.17, 15) is 22.0 Å². The number of hydrogen-bond acceptors (Lipinski definition) is 4. The second kappa shape index (κ2) is 8.92. The van der Waals surface area contributed by atoms with E-state index >= 15 is 0 Å². The molecule has 0 N–H and O–H groups in total. The van der Waals surface area contributed by atoms with Crippen LogP contribution in [-0.4, -0.2) is 38.3 Å². The van der Waals surface area contributed by atoms with Crippen molar-refractivity contribution in [1.82, 2.24) is 0 Å². The summed E-state index contributed by atoms with van der Waals surface area (Å²) in [5.74, 6) is -5.20. The van der Waals surface area contributed by atoms with Gasteiger partial charge in [0, 0.05) is 24.0 Å². The van der Waals surface area contributed by atoms with E-state index in [0.717, 1.165) is 12.8 Å². The lowest BCUT2D eigenvalue weighted by atomic mass is 9.86. The lowest BCUT2D eigenvalue weighted by molar-refractivity contribution is -0.237. The van der Waals surface area contributed by atoms with Crippen molar-refractivity contribution < 1.29 is 40.9 Å². The van der Waals surface area contributed by atoms with E-state index in [-0.39, 0.29) is 18.3 Å². The van der Waals surface area contributed by atoms with Crippen LogP contribution in [0.1, 0.15) is 32.6 Å². The lowest BCUT2D eigenvalue weighted by Gasteiger charge is -2.37. The van der Waals surface area contributed by atoms with Crippen molar-refractivity contribution in [1.29, 1.82) is 0 Å². The molecule has 0 atom stereocenters. The van der Waals surface area contributed by atoms with Gasteiger partial charge < -0.3 is 18.9 Å². The van der Waals surface area contributed by atoms with Gasteiger partial charge in [-0.25, -0.2) is 13.2 Å². The summed E-state index contributed by atoms with van der Waals surface area (Å²) in [6, 6.07) is 0.727. The highest BCUT2D eigenvalue weighted by molar-refractivity contribution is 5.25. The van der Waals surface area contributed by atoms with E-state index < -0.39 is 35.9 Å². The zero-order valence-electron chi connectivity index (χ0n) is 15.4. The van der Waals surface area contributed by atoms with Gasteiger partial charge in [0.05, 0.1) is 19.3 Å². The second-order valence-corrected chi connectivity index (χ2v) is 7.43. The largest absolute Gasteiger partial charge is 0.431 e. The van der Waals surface area contributed by atoms with Gasteiger partial charge in [0.25, 0.3) is 0 Å². The minimum absolute atomic E-state index is 0.203. The van der Waals surface area contributed by atoms with Crippen LogP contribution in [0.3, 0.4) is 0 Å². The summed E-state index contributed by atoms with van der Waals surface area (Å²) >= 11 is 0. The van der Waals surface area contributed by atoms with Gasteiger partial charge in [-0.3, -0.25) is 0 Å². The quantitative estimate of drug-likeness (QED) is 0.505. The first-order chi connectivity index (χ1) is 13.2. The molecule has 0 radical (unpaired) electrons. The first kappa shape index (κ1) is 21.3. The molecule has 1 aliphatic heterocycles. The Kier molecular flexibility index (Phi) is 6.77. The molecule has 1 saturated heterocycles. The Morgan fingerprint density at radius 2 is 1.57 bits per heavy atom. The van der Waals surface area contributed by atoms with E-state index in [1.807, 2.05) is 6.92 Å². The van der Waals surface area contributed by atoms with Crippen LogP contribution in [0.5, 0.6) is 5.75 Å². The minimum Gasteiger partial charge on any atom is -0.431 e. The number of rotatable bonds is 6. The number of benzene rings is 1. The molecule has 28 heavy (non-hydrogen) atoms. The van der Waals surface area contributed by atoms with Gasteiger partial charge in [0.2, 0.25) is 0 Å². The zero-order chi connectivity index (χ0) is 20.3. The molecule has 1 heterocycles. The number of hydrogen-bond donors (Lipinski definition) is 0. The molecule has 2 fully saturated rings. The summed E-state index contributed by atoms with van der Waals surface area (Å²) in [6.07, 6.45) is -1.85. The van der Waals surface area contributed by atoms with Crippen molar-refractivity contribution in [2.45, 2.75) is 51.1 Å². The Morgan fingerprint density at radius 3 is 2.14 bits per heavy atom. The van der Waals surface area contributed by atoms with Crippen molar-refractivity contribution in [2.24, 2.45) is 11.8 Å². The van der Waals surface area contributed by atoms with Crippen LogP contribution in [0.25, 0.3) is 0 Å². The summed E-state index contributed by atoms with van der Waals surface area (Å²) in [7, 11) is 0. The van der Waals surface area contributed by atoms with Crippen molar-refractivity contribution in [3.05, 3.63) is 29.6 Å². The molecular formula is C19H23F5O4. The topological polar surface area (TPSA) is 36.9 Å². The van der Waals surface area contributed by atoms with Crippen molar-refractivity contribution in [2.75, 3.05) is 19.8 Å². The van der Waals surface area contributed by atoms with Crippen LogP contribution in [-0.2, 0) is 14.2 Å². The van der Waals surface area contributed by atoms with Gasteiger partial charge in [-0.05, 0) is 25.7 Å². The number of halogens is 5. The summed E-state index contributed by atoms with van der Waals surface area (Å²) in [4.78, 5) is 0. The van der Waals surface area contributed by atoms with Gasteiger partial charge in [-0.2, -0.15) is 8.78 Å². The SMILES string of the molecule is CC1COC(C2CCC(OCC(F)(F)Oc3cc(F)c(F)c(F)c3)CC2)OC1. The number of alkyl halides is 2. The van der Waals surface area contributed by atoms with Gasteiger partial charge in [0.1, 0.15) is 5.75 Å². The molecule has 9 heteroatoms. The zero-order valence-corrected chi connectivity index (χ0v) is 15.4. The Bertz CT molecular complexity index is 633. The van der Waals surface area contributed by atoms with Gasteiger partial charge in [0.15, 0.2) is 30.3 Å². The maximum atomic E-state index is 13.9. The minimum atomic E-state index is -3.81. The molecule has 1 aromatic rings. The van der Waals surface area contributed by atoms with Gasteiger partial charge in [-0.1, -0.05) is 6.92 Å². The standard InChI is InChI=1S/C19H23F5O4/c1-11-8-25-18(26-9-11)12-2-4-13(5-3-12)27-10-19(23,24)28-14-6-15(20)17(22)16(21)7-14/h6-7,11-13,18H,2-5,8-10H2,1H3. The molecule has 2 aliphatic rings. The summed E-state index contributed by atoms with van der Waals surface area (Å²) in [6.45, 7) is 2.26. The Morgan fingerprint density at radius 1 is 1.00 bits per heavy atom. The maximum Gasteiger partial charge on any atom is 0.421 e. The first-order valence-electron chi connectivity index (χ1n) is 9.29. The normalized spacial score (nSPS) is 28.9. The Balaban J connectivity index is 1.44. The lowest BCUT2D eigenvalue weighted by Crippen LogP contribution is -2.39. The maximum absolute atomic E-state index is 13.9. The second-order valence-electron chi connectivity index (χ2n) is 7.43. The molecular weight excluding hydrogens is 387 g/mol. The predicted molar refractivity (Wildman–Crippen MR) is 88.4 cm³/mol. The summed E-state index contributed by atoms with van der Waals surface area (Å²) in [5, 5.41) is 0. The highest BCUT2D eigenvalue weighted by Crippen LogP contribution is 2.33. The highest BCUT2D eigenvalue weighted by atomic mass is 19.3. The smallest absolute Gasteiger partial charge is 0.421 e. The molecule has 0 unspecified atom stereocenters. The fraction of sp³-hybridized carbons (Fsp3) is 0.684. The van der Waals surface area contributed by atoms with Gasteiger partial charge >= 0.3 is 6.11 Å². The van der Waals surface area contributed by atoms with E-state index in [0.29, 0.717) is 44.1 Å². The van der Waals surface area contributed by atoms with Crippen LogP contribution in [0.15, 0.2) is 12.1 Å². The van der Waals surface area contributed by atoms with E-state index in [4.69, 9.17) is 14.2 Å². The average Bonchev–Trinajstić information content (AvgIpc) is 2.65. The Labute approximate surface area is 159 Å². The third-order valence-electron chi connectivity index (χ3n) is 4.91. The van der Waals surface area contributed by atoms with E-state index in [1.54, 1.807) is 0 Å². The van der Waals surface area contributed by atoms with Crippen LogP contribution in [0, 0.1) is 29.3 Å². The van der Waals surface area contributed by atoms with Gasteiger partial charge in [-0.15, -0.1) is 0 Å². The predicted octanol–water partition coefficient (Wildman–Crippen LogP) is 4.66. The van der Waals surface area contributed by atoms with Crippen LogP contribution in [0.2, 0.25) is 0 Å². The molecule has 4 nitrogen and oxygen atoms in total. The molecule has 0 spiro atoms. The van der Waals surface area contributed by atoms with Crippen LogP contribution < -0.4 is 4.74 Å². The Hall–Kier alpha value is -1.45. The fourth-order valence-electron chi connectivity index (χ4n) is 3.42. The van der Waals surface area contributed by atoms with Crippen molar-refractivity contribution in [3.8, 4) is 5.75 Å². The molecule has 1 aliphatic carbocycles. The van der Waals surface area contributed by atoms with Crippen LogP contribution in [0.4, 0.5) is 22.0 Å². The molecule has 0 amide bonds. The van der Waals surface area contributed by atoms with E-state index in [2.05, 4.69) is 4.74 Å². The molecule has 1 aromatic carbocycles. The molecule has 3 rings (SSSR count). The third kappa shape index (κ3) is 5.55. The average molecular weight is 410 g/mol. The summed E-state index contributed by atoms with van der Waals surface area (Å²) < 4.78 is 87.8. The molecule has 0 bridgehead atoms. The first-order valence-corrected chi connectivity index (χ1v) is 9.29. The highest BCUT2D eigenvalue weighted by Gasteiger charge is 2.36. The van der Waals surface area contributed by atoms with Crippen molar-refractivity contribution in [3.63, 3.8) is 0 Å². The molecule has 158 valence electrons. The van der Waals surface area contributed by atoms with E-state index in [1.165, 1.54) is 0 Å². The monoisotopic (exact) mass is 410 g/mol.